The highest BCUT2D eigenvalue weighted by atomic mass is 19.2. The van der Waals surface area contributed by atoms with Crippen LogP contribution in [0.5, 0.6) is 11.5 Å². The van der Waals surface area contributed by atoms with Gasteiger partial charge in [-0.15, -0.1) is 0 Å². The van der Waals surface area contributed by atoms with E-state index in [1.807, 2.05) is 19.1 Å². The molecule has 0 aliphatic heterocycles. The first kappa shape index (κ1) is 22.2. The number of hydrogen-bond acceptors (Lipinski definition) is 2. The molecule has 0 aliphatic carbocycles. The van der Waals surface area contributed by atoms with Gasteiger partial charge in [0.2, 0.25) is 11.6 Å². The van der Waals surface area contributed by atoms with Crippen molar-refractivity contribution in [2.45, 2.75) is 20.3 Å². The molecule has 0 fully saturated rings. The molecule has 0 N–H and O–H groups in total. The maximum Gasteiger partial charge on any atom is 0.204 e. The minimum atomic E-state index is -1.09. The number of ether oxygens (including phenoxy) is 2. The second-order valence-corrected chi connectivity index (χ2v) is 5.80. The smallest absolute Gasteiger partial charge is 0.204 e. The van der Waals surface area contributed by atoms with Crippen molar-refractivity contribution in [3.63, 3.8) is 0 Å². The van der Waals surface area contributed by atoms with E-state index < -0.39 is 11.6 Å². The van der Waals surface area contributed by atoms with Gasteiger partial charge < -0.3 is 9.47 Å². The first-order valence-corrected chi connectivity index (χ1v) is 8.63. The molecule has 0 aromatic heterocycles. The van der Waals surface area contributed by atoms with Gasteiger partial charge in [0.1, 0.15) is 6.61 Å². The van der Waals surface area contributed by atoms with Gasteiger partial charge in [0.25, 0.3) is 0 Å². The molecular weight excluding hydrogens is 346 g/mol. The van der Waals surface area contributed by atoms with Gasteiger partial charge in [-0.2, -0.15) is 8.78 Å². The van der Waals surface area contributed by atoms with Crippen LogP contribution in [0.3, 0.4) is 0 Å². The Balaban J connectivity index is 2.63. The molecule has 0 spiro atoms. The lowest BCUT2D eigenvalue weighted by atomic mass is 10.1. The van der Waals surface area contributed by atoms with Crippen LogP contribution in [0, 0.1) is 11.6 Å². The van der Waals surface area contributed by atoms with Gasteiger partial charge in [0.15, 0.2) is 11.5 Å². The van der Waals surface area contributed by atoms with Crippen LogP contribution in [0.15, 0.2) is 85.0 Å². The summed E-state index contributed by atoms with van der Waals surface area (Å²) >= 11 is 0. The third-order valence-corrected chi connectivity index (χ3v) is 3.63. The second kappa shape index (κ2) is 11.0. The van der Waals surface area contributed by atoms with Gasteiger partial charge in [-0.05, 0) is 42.2 Å². The maximum absolute atomic E-state index is 14.0. The normalized spacial score (nSPS) is 11.0. The van der Waals surface area contributed by atoms with E-state index in [4.69, 9.17) is 9.47 Å². The van der Waals surface area contributed by atoms with Gasteiger partial charge in [0.05, 0.1) is 6.61 Å². The van der Waals surface area contributed by atoms with E-state index in [2.05, 4.69) is 26.3 Å². The molecule has 0 aliphatic rings. The molecule has 0 saturated carbocycles. The highest BCUT2D eigenvalue weighted by molar-refractivity contribution is 5.45. The van der Waals surface area contributed by atoms with E-state index in [1.165, 1.54) is 12.1 Å². The lowest BCUT2D eigenvalue weighted by Gasteiger charge is -2.10. The molecule has 144 valence electrons. The van der Waals surface area contributed by atoms with E-state index in [0.29, 0.717) is 11.1 Å². The van der Waals surface area contributed by atoms with Crippen molar-refractivity contribution in [1.82, 2.24) is 0 Å². The van der Waals surface area contributed by atoms with Crippen LogP contribution >= 0.6 is 0 Å². The summed E-state index contributed by atoms with van der Waals surface area (Å²) in [5.74, 6) is -2.50. The number of rotatable bonds is 11. The molecule has 0 atom stereocenters. The summed E-state index contributed by atoms with van der Waals surface area (Å²) in [6, 6.07) is 2.66. The Morgan fingerprint density at radius 1 is 0.815 bits per heavy atom. The van der Waals surface area contributed by atoms with Crippen molar-refractivity contribution < 1.29 is 18.3 Å². The van der Waals surface area contributed by atoms with E-state index in [1.54, 1.807) is 19.1 Å². The van der Waals surface area contributed by atoms with Crippen LogP contribution in [0.2, 0.25) is 0 Å². The zero-order chi connectivity index (χ0) is 20.4. The Bertz CT molecular complexity index is 786. The van der Waals surface area contributed by atoms with Crippen LogP contribution in [0.4, 0.5) is 8.78 Å². The van der Waals surface area contributed by atoms with Crippen molar-refractivity contribution in [2.75, 3.05) is 13.2 Å². The van der Waals surface area contributed by atoms with Crippen LogP contribution < -0.4 is 9.47 Å². The van der Waals surface area contributed by atoms with Crippen molar-refractivity contribution >= 4 is 0 Å². The molecule has 0 radical (unpaired) electrons. The number of hydrogen-bond donors (Lipinski definition) is 0. The second-order valence-electron chi connectivity index (χ2n) is 5.80. The summed E-state index contributed by atoms with van der Waals surface area (Å²) < 4.78 is 38.1. The molecule has 0 amide bonds. The summed E-state index contributed by atoms with van der Waals surface area (Å²) in [5.41, 5.74) is 3.01. The van der Waals surface area contributed by atoms with Gasteiger partial charge in [-0.1, -0.05) is 63.1 Å². The Kier molecular flexibility index (Phi) is 9.00. The first-order chi connectivity index (χ1) is 12.8. The predicted molar refractivity (Wildman–Crippen MR) is 108 cm³/mol. The SMILES string of the molecule is C=C(/C=C\C(=C)C(=C)/C=C\C(=C)COc1ccc(OCC)c(F)c1F)CC. The van der Waals surface area contributed by atoms with Crippen molar-refractivity contribution in [2.24, 2.45) is 0 Å². The largest absolute Gasteiger partial charge is 0.491 e. The molecule has 1 aromatic carbocycles. The Morgan fingerprint density at radius 3 is 1.78 bits per heavy atom. The summed E-state index contributed by atoms with van der Waals surface area (Å²) in [5, 5.41) is 0. The lowest BCUT2D eigenvalue weighted by molar-refractivity contribution is 0.297. The lowest BCUT2D eigenvalue weighted by Crippen LogP contribution is -2.03. The highest BCUT2D eigenvalue weighted by Crippen LogP contribution is 2.27. The fourth-order valence-electron chi connectivity index (χ4n) is 1.88. The first-order valence-electron chi connectivity index (χ1n) is 8.63. The van der Waals surface area contributed by atoms with E-state index in [-0.39, 0.29) is 24.7 Å². The molecular formula is C23H26F2O2. The molecule has 0 unspecified atom stereocenters. The van der Waals surface area contributed by atoms with Crippen LogP contribution in [-0.4, -0.2) is 13.2 Å². The summed E-state index contributed by atoms with van der Waals surface area (Å²) in [6.07, 6.45) is 8.03. The third-order valence-electron chi connectivity index (χ3n) is 3.63. The highest BCUT2D eigenvalue weighted by Gasteiger charge is 2.15. The Labute approximate surface area is 160 Å². The molecule has 4 heteroatoms. The standard InChI is InChI=1S/C23H26F2O2/c1-7-16(3)9-11-18(5)19(6)12-10-17(4)15-27-21-14-13-20(26-8-2)22(24)23(21)25/h9-14H,3-8,15H2,1-2H3/b11-9-,12-10-. The van der Waals surface area contributed by atoms with Crippen molar-refractivity contribution in [1.29, 1.82) is 0 Å². The molecule has 2 nitrogen and oxygen atoms in total. The molecule has 0 saturated heterocycles. The topological polar surface area (TPSA) is 18.5 Å². The predicted octanol–water partition coefficient (Wildman–Crippen LogP) is 6.49. The molecule has 0 heterocycles. The van der Waals surface area contributed by atoms with Crippen molar-refractivity contribution in [3.8, 4) is 11.5 Å². The molecule has 1 aromatic rings. The molecule has 0 bridgehead atoms. The van der Waals surface area contributed by atoms with Gasteiger partial charge in [-0.3, -0.25) is 0 Å². The van der Waals surface area contributed by atoms with E-state index >= 15 is 0 Å². The van der Waals surface area contributed by atoms with Gasteiger partial charge in [-0.25, -0.2) is 0 Å². The zero-order valence-corrected chi connectivity index (χ0v) is 16.0. The molecule has 27 heavy (non-hydrogen) atoms. The van der Waals surface area contributed by atoms with E-state index in [0.717, 1.165) is 17.6 Å². The average Bonchev–Trinajstić information content (AvgIpc) is 2.66. The van der Waals surface area contributed by atoms with Crippen LogP contribution in [0.1, 0.15) is 20.3 Å². The Hall–Kier alpha value is -2.88. The maximum atomic E-state index is 14.0. The third kappa shape index (κ3) is 7.10. The number of benzene rings is 1. The Morgan fingerprint density at radius 2 is 1.30 bits per heavy atom. The fraction of sp³-hybridized carbons (Fsp3) is 0.217. The quantitative estimate of drug-likeness (QED) is 0.413. The van der Waals surface area contributed by atoms with E-state index in [9.17, 15) is 8.78 Å². The summed E-state index contributed by atoms with van der Waals surface area (Å²) in [6.45, 7) is 19.5. The summed E-state index contributed by atoms with van der Waals surface area (Å²) in [4.78, 5) is 0. The number of allylic oxidation sites excluding steroid dienone is 6. The fourth-order valence-corrected chi connectivity index (χ4v) is 1.88. The van der Waals surface area contributed by atoms with Crippen LogP contribution in [0.25, 0.3) is 0 Å². The number of halogens is 2. The average molecular weight is 372 g/mol. The van der Waals surface area contributed by atoms with Gasteiger partial charge in [0, 0.05) is 0 Å². The van der Waals surface area contributed by atoms with Crippen molar-refractivity contribution in [3.05, 3.63) is 96.7 Å². The van der Waals surface area contributed by atoms with Gasteiger partial charge >= 0.3 is 0 Å². The molecule has 1 rings (SSSR count). The van der Waals surface area contributed by atoms with Crippen LogP contribution in [-0.2, 0) is 0 Å². The zero-order valence-electron chi connectivity index (χ0n) is 16.0. The summed E-state index contributed by atoms with van der Waals surface area (Å²) in [7, 11) is 0. The monoisotopic (exact) mass is 372 g/mol. The minimum absolute atomic E-state index is 0.00305. The minimum Gasteiger partial charge on any atom is -0.491 e.